The van der Waals surface area contributed by atoms with Gasteiger partial charge >= 0.3 is 125 Å². The third-order valence-electron chi connectivity index (χ3n) is 7.97. The molecule has 0 heterocycles. The summed E-state index contributed by atoms with van der Waals surface area (Å²) in [4.78, 5) is 29.1. The van der Waals surface area contributed by atoms with Gasteiger partial charge in [-0.15, -0.1) is 0 Å². The van der Waals surface area contributed by atoms with E-state index in [9.17, 15) is 227 Å². The zero-order valence-electron chi connectivity index (χ0n) is 34.5. The van der Waals surface area contributed by atoms with E-state index in [2.05, 4.69) is 0 Å². The molecule has 0 fully saturated rings. The molecular formula is C24H12F45N3O6. The molecule has 0 radical (unpaired) electrons. The van der Waals surface area contributed by atoms with Crippen molar-refractivity contribution in [3.8, 4) is 0 Å². The molecule has 0 saturated heterocycles. The van der Waals surface area contributed by atoms with Gasteiger partial charge < -0.3 is 48.2 Å². The van der Waals surface area contributed by atoms with Crippen molar-refractivity contribution in [3.63, 3.8) is 0 Å². The molecule has 0 amide bonds. The SMILES string of the molecule is O=C([O-])C(F)(F)C(F)(C(F)(F)F)C(F)(F)C(F)(F)C(F)(F)C(F)(F)F.O=C([O-])C(F)(F)C(F)(F)C(F)(C(F)(F)F)C(F)(F)C(F)(F)C(F)(F)F.O=C([O-])C(F)(F)C(F)(F)C(F)(F)C(F)(F)C(F)(C(F)(F)F)C(F)(F)F.[NH4+].[NH4+].[NH4+]. The van der Waals surface area contributed by atoms with Crippen molar-refractivity contribution in [2.24, 2.45) is 0 Å². The van der Waals surface area contributed by atoms with Crippen molar-refractivity contribution in [2.75, 3.05) is 0 Å². The quantitative estimate of drug-likeness (QED) is 0.135. The fourth-order valence-corrected chi connectivity index (χ4v) is 3.83. The third-order valence-corrected chi connectivity index (χ3v) is 7.97. The molecule has 0 aromatic rings. The number of hydrogen-bond acceptors (Lipinski definition) is 6. The van der Waals surface area contributed by atoms with Crippen LogP contribution in [-0.2, 0) is 14.4 Å². The second-order valence-corrected chi connectivity index (χ2v) is 12.7. The topological polar surface area (TPSA) is 230 Å². The fourth-order valence-electron chi connectivity index (χ4n) is 3.83. The molecule has 2 unspecified atom stereocenters. The molecule has 0 rings (SSSR count). The average Bonchev–Trinajstić information content (AvgIpc) is 3.13. The minimum atomic E-state index is -8.67. The Morgan fingerprint density at radius 2 is 0.346 bits per heavy atom. The Morgan fingerprint density at radius 3 is 0.538 bits per heavy atom. The Bertz CT molecular complexity index is 2040. The lowest BCUT2D eigenvalue weighted by molar-refractivity contribution is -0.459. The molecule has 2 atom stereocenters. The van der Waals surface area contributed by atoms with Gasteiger partial charge in [0, 0.05) is 0 Å². The highest BCUT2D eigenvalue weighted by molar-refractivity contribution is 5.76. The van der Waals surface area contributed by atoms with E-state index in [4.69, 9.17) is 0 Å². The summed E-state index contributed by atoms with van der Waals surface area (Å²) in [6.45, 7) is 0. The summed E-state index contributed by atoms with van der Waals surface area (Å²) in [6, 6.07) is 0. The predicted octanol–water partition coefficient (Wildman–Crippen LogP) is 10.5. The van der Waals surface area contributed by atoms with Crippen LogP contribution in [-0.4, -0.2) is 143 Å². The molecule has 0 aliphatic carbocycles. The zero-order valence-corrected chi connectivity index (χ0v) is 34.5. The lowest BCUT2D eigenvalue weighted by atomic mass is 9.82. The summed E-state index contributed by atoms with van der Waals surface area (Å²) in [7, 11) is 0. The molecule has 0 aromatic carbocycles. The largest absolute Gasteiger partial charge is 0.544 e. The van der Waals surface area contributed by atoms with Crippen molar-refractivity contribution in [1.82, 2.24) is 18.5 Å². The van der Waals surface area contributed by atoms with Crippen LogP contribution in [0.1, 0.15) is 0 Å². The molecule has 12 N–H and O–H groups in total. The molecule has 78 heavy (non-hydrogen) atoms. The van der Waals surface area contributed by atoms with Crippen LogP contribution in [0.5, 0.6) is 0 Å². The Hall–Kier alpha value is -4.86. The van der Waals surface area contributed by atoms with Crippen LogP contribution in [0.2, 0.25) is 0 Å². The van der Waals surface area contributed by atoms with Gasteiger partial charge in [-0.05, 0) is 0 Å². The number of carboxylic acid groups (broad SMARTS) is 3. The van der Waals surface area contributed by atoms with Gasteiger partial charge in [0.05, 0.1) is 0 Å². The first-order valence-corrected chi connectivity index (χ1v) is 15.0. The van der Waals surface area contributed by atoms with E-state index < -0.39 is 143 Å². The molecule has 0 aliphatic rings. The Labute approximate surface area is 390 Å². The van der Waals surface area contributed by atoms with Crippen molar-refractivity contribution in [3.05, 3.63) is 0 Å². The first-order chi connectivity index (χ1) is 31.3. The van der Waals surface area contributed by atoms with Gasteiger partial charge in [0.25, 0.3) is 0 Å². The Balaban J connectivity index is -0.000000245. The van der Waals surface area contributed by atoms with E-state index in [1.807, 2.05) is 0 Å². The fraction of sp³-hybridized carbons (Fsp3) is 0.875. The van der Waals surface area contributed by atoms with Crippen molar-refractivity contribution in [1.29, 1.82) is 0 Å². The highest BCUT2D eigenvalue weighted by atomic mass is 19.5. The molecule has 9 nitrogen and oxygen atoms in total. The van der Waals surface area contributed by atoms with E-state index in [-0.39, 0.29) is 18.5 Å². The van der Waals surface area contributed by atoms with Crippen LogP contribution in [0.4, 0.5) is 198 Å². The number of rotatable bonds is 15. The zero-order chi connectivity index (χ0) is 63.2. The molecule has 0 aromatic heterocycles. The van der Waals surface area contributed by atoms with Crippen molar-refractivity contribution >= 4 is 17.9 Å². The van der Waals surface area contributed by atoms with Gasteiger partial charge in [0.15, 0.2) is 0 Å². The van der Waals surface area contributed by atoms with Gasteiger partial charge in [-0.3, -0.25) is 0 Å². The maximum Gasteiger partial charge on any atom is 0.460 e. The highest BCUT2D eigenvalue weighted by Crippen LogP contribution is 2.67. The first kappa shape index (κ1) is 84.4. The smallest absolute Gasteiger partial charge is 0.460 e. The lowest BCUT2D eigenvalue weighted by Gasteiger charge is -2.44. The second-order valence-electron chi connectivity index (χ2n) is 12.7. The molecule has 54 heteroatoms. The van der Waals surface area contributed by atoms with E-state index >= 15 is 0 Å². The van der Waals surface area contributed by atoms with E-state index in [0.717, 1.165) is 0 Å². The number of hydrogen-bond donors (Lipinski definition) is 3. The summed E-state index contributed by atoms with van der Waals surface area (Å²) in [5, 5.41) is 29.1. The lowest BCUT2D eigenvalue weighted by Crippen LogP contribution is -2.78. The minimum Gasteiger partial charge on any atom is -0.544 e. The van der Waals surface area contributed by atoms with Crippen LogP contribution in [0.15, 0.2) is 0 Å². The number of aliphatic carboxylic acids is 3. The number of carbonyl (C=O) groups is 3. The number of quaternary nitrogens is 3. The van der Waals surface area contributed by atoms with E-state index in [0.29, 0.717) is 0 Å². The van der Waals surface area contributed by atoms with Gasteiger partial charge in [-0.2, -0.15) is 184 Å². The summed E-state index contributed by atoms with van der Waals surface area (Å²) in [5.41, 5.74) is -25.5. The van der Waals surface area contributed by atoms with Gasteiger partial charge in [-0.25, -0.2) is 13.2 Å². The van der Waals surface area contributed by atoms with Gasteiger partial charge in [0.2, 0.25) is 0 Å². The van der Waals surface area contributed by atoms with Crippen molar-refractivity contribution < 1.29 is 227 Å². The van der Waals surface area contributed by atoms with Crippen LogP contribution in [0.3, 0.4) is 0 Å². The maximum absolute atomic E-state index is 13.4. The average molecular weight is 1290 g/mol. The maximum atomic E-state index is 13.4. The van der Waals surface area contributed by atoms with Crippen LogP contribution >= 0.6 is 0 Å². The Morgan fingerprint density at radius 1 is 0.179 bits per heavy atom. The van der Waals surface area contributed by atoms with E-state index in [1.54, 1.807) is 0 Å². The summed E-state index contributed by atoms with van der Waals surface area (Å²) >= 11 is 0. The predicted molar refractivity (Wildman–Crippen MR) is 140 cm³/mol. The molecular weight excluding hydrogens is 1280 g/mol. The first-order valence-electron chi connectivity index (χ1n) is 15.0. The summed E-state index contributed by atoms with van der Waals surface area (Å²) < 4.78 is 561. The normalized spacial score (nSPS) is 16.7. The number of alkyl halides is 45. The molecule has 0 spiro atoms. The third kappa shape index (κ3) is 11.4. The number of carbonyl (C=O) groups excluding carboxylic acids is 3. The summed E-state index contributed by atoms with van der Waals surface area (Å²) in [6.07, 6.45) is -48.0. The molecule has 474 valence electrons. The number of carboxylic acids is 3. The highest BCUT2D eigenvalue weighted by Gasteiger charge is 2.99. The molecule has 0 saturated carbocycles. The van der Waals surface area contributed by atoms with Crippen LogP contribution in [0.25, 0.3) is 0 Å². The van der Waals surface area contributed by atoms with Crippen LogP contribution < -0.4 is 33.8 Å². The molecule has 0 bridgehead atoms. The van der Waals surface area contributed by atoms with Gasteiger partial charge in [-0.1, -0.05) is 0 Å². The van der Waals surface area contributed by atoms with E-state index in [1.165, 1.54) is 0 Å². The summed E-state index contributed by atoms with van der Waals surface area (Å²) in [5.74, 6) is -112. The monoisotopic (exact) mass is 1290 g/mol. The standard InChI is InChI=1S/3C8HF15O2.3H3N/c9-2(10,1(24)25)4(12,13)6(16,17)5(14,15)3(11,7(18,19)20)8(21,22)23;9-2(10,1(24)25)4(12,13)3(11,7(18,19)20)5(14,15)6(16,17)8(21,22)23;9-2(10,1(24)25)3(11,7(18,19)20)4(12,13)5(14,15)6(16,17)8(21,22)23;;;/h3*(H,24,25);3*1H3. The van der Waals surface area contributed by atoms with Gasteiger partial charge in [0.1, 0.15) is 17.9 Å². The molecule has 0 aliphatic heterocycles. The Kier molecular flexibility index (Phi) is 23.3. The van der Waals surface area contributed by atoms with Crippen molar-refractivity contribution in [2.45, 2.75) is 125 Å². The number of halogens is 45. The van der Waals surface area contributed by atoms with Crippen LogP contribution in [0, 0.1) is 0 Å². The minimum absolute atomic E-state index is 0. The second kappa shape index (κ2) is 21.6.